The van der Waals surface area contributed by atoms with E-state index >= 15 is 0 Å². The highest BCUT2D eigenvalue weighted by molar-refractivity contribution is 9.11. The Bertz CT molecular complexity index is 1550. The lowest BCUT2D eigenvalue weighted by Gasteiger charge is -2.41. The van der Waals surface area contributed by atoms with Gasteiger partial charge in [0.25, 0.3) is 0 Å². The molecule has 11 heteroatoms. The second-order valence-electron chi connectivity index (χ2n) is 13.1. The number of aromatic amines is 1. The van der Waals surface area contributed by atoms with Crippen LogP contribution in [0.25, 0.3) is 11.3 Å². The van der Waals surface area contributed by atoms with Crippen molar-refractivity contribution in [1.82, 2.24) is 24.3 Å². The summed E-state index contributed by atoms with van der Waals surface area (Å²) in [5.74, 6) is -0.491. The lowest BCUT2D eigenvalue weighted by molar-refractivity contribution is -0.133. The maximum Gasteiger partial charge on any atom is 0.326 e. The molecule has 0 aliphatic carbocycles. The molecule has 3 aromatic rings. The third-order valence-electron chi connectivity index (χ3n) is 10.1. The largest absolute Gasteiger partial charge is 0.397 e. The molecule has 3 N–H and O–H groups in total. The molecular weight excluding hydrogens is 712 g/mol. The number of carbonyl (C=O) groups excluding carboxylic acids is 2. The van der Waals surface area contributed by atoms with Crippen molar-refractivity contribution in [3.63, 3.8) is 0 Å². The first-order valence-corrected chi connectivity index (χ1v) is 18.2. The number of halogens is 2. The van der Waals surface area contributed by atoms with E-state index in [1.165, 1.54) is 32.4 Å². The zero-order chi connectivity index (χ0) is 32.2. The van der Waals surface area contributed by atoms with Gasteiger partial charge in [-0.2, -0.15) is 0 Å². The fourth-order valence-electron chi connectivity index (χ4n) is 7.44. The van der Waals surface area contributed by atoms with Crippen molar-refractivity contribution >= 4 is 49.2 Å². The number of benzene rings is 2. The standard InChI is InChI=1S/C35H44Br2N6O3/c36-29-19-25(20-30(37)33(29)38)34(45)26(22-40-15-9-27(10-16-40)41-13-5-2-6-14-41)21-32(44)42-17-11-28(12-18-42)43-23-31(39-35(43)46)24-7-3-1-4-8-24/h1,3-4,7-8,19-20,23,26-28H,2,5-6,9-18,21-22,38H2,(H,39,46). The molecule has 3 fully saturated rings. The van der Waals surface area contributed by atoms with E-state index < -0.39 is 5.92 Å². The monoisotopic (exact) mass is 754 g/mol. The average Bonchev–Trinajstić information content (AvgIpc) is 3.48. The highest BCUT2D eigenvalue weighted by atomic mass is 79.9. The molecule has 9 nitrogen and oxygen atoms in total. The van der Waals surface area contributed by atoms with Crippen LogP contribution in [0, 0.1) is 5.92 Å². The zero-order valence-corrected chi connectivity index (χ0v) is 29.5. The van der Waals surface area contributed by atoms with E-state index in [-0.39, 0.29) is 29.8 Å². The minimum absolute atomic E-state index is 0.0000285. The molecule has 246 valence electrons. The number of hydrogen-bond acceptors (Lipinski definition) is 6. The maximum absolute atomic E-state index is 14.0. The van der Waals surface area contributed by atoms with Crippen LogP contribution < -0.4 is 11.4 Å². The summed E-state index contributed by atoms with van der Waals surface area (Å²) in [5.41, 5.74) is 8.86. The molecule has 3 aliphatic heterocycles. The van der Waals surface area contributed by atoms with Crippen molar-refractivity contribution < 1.29 is 9.59 Å². The van der Waals surface area contributed by atoms with E-state index in [1.807, 2.05) is 41.4 Å². The number of nitrogens with zero attached hydrogens (tertiary/aromatic N) is 4. The van der Waals surface area contributed by atoms with Crippen molar-refractivity contribution in [2.75, 3.05) is 51.5 Å². The van der Waals surface area contributed by atoms with Crippen LogP contribution in [0.1, 0.15) is 67.8 Å². The van der Waals surface area contributed by atoms with Gasteiger partial charge in [0.2, 0.25) is 5.91 Å². The quantitative estimate of drug-likeness (QED) is 0.207. The Labute approximate surface area is 287 Å². The van der Waals surface area contributed by atoms with Gasteiger partial charge < -0.3 is 25.4 Å². The van der Waals surface area contributed by atoms with Gasteiger partial charge in [-0.1, -0.05) is 36.8 Å². The number of Topliss-reactive ketones (excluding diaryl/α,β-unsaturated/α-hetero) is 1. The number of amides is 1. The van der Waals surface area contributed by atoms with E-state index in [0.717, 1.165) is 37.2 Å². The second-order valence-corrected chi connectivity index (χ2v) is 14.8. The van der Waals surface area contributed by atoms with Gasteiger partial charge in [-0.15, -0.1) is 0 Å². The average molecular weight is 757 g/mol. The fourth-order valence-corrected chi connectivity index (χ4v) is 8.63. The number of hydrogen-bond donors (Lipinski definition) is 2. The van der Waals surface area contributed by atoms with Gasteiger partial charge in [0.15, 0.2) is 5.78 Å². The number of nitrogens with one attached hydrogen (secondary N) is 1. The lowest BCUT2D eigenvalue weighted by atomic mass is 9.91. The van der Waals surface area contributed by atoms with Crippen LogP contribution in [-0.2, 0) is 4.79 Å². The summed E-state index contributed by atoms with van der Waals surface area (Å²) < 4.78 is 3.10. The van der Waals surface area contributed by atoms with E-state index in [4.69, 9.17) is 5.73 Å². The molecule has 2 aromatic carbocycles. The van der Waals surface area contributed by atoms with Crippen LogP contribution in [0.15, 0.2) is 62.4 Å². The normalized spacial score (nSPS) is 19.7. The predicted octanol–water partition coefficient (Wildman–Crippen LogP) is 5.95. The Morgan fingerprint density at radius 3 is 2.15 bits per heavy atom. The molecule has 1 unspecified atom stereocenters. The van der Waals surface area contributed by atoms with E-state index in [9.17, 15) is 14.4 Å². The Hall–Kier alpha value is -2.73. The van der Waals surface area contributed by atoms with Crippen LogP contribution in [0.3, 0.4) is 0 Å². The number of anilines is 1. The highest BCUT2D eigenvalue weighted by Crippen LogP contribution is 2.32. The summed E-state index contributed by atoms with van der Waals surface area (Å²) in [6, 6.07) is 14.0. The summed E-state index contributed by atoms with van der Waals surface area (Å²) in [6.07, 6.45) is 9.57. The van der Waals surface area contributed by atoms with Crippen molar-refractivity contribution in [1.29, 1.82) is 0 Å². The molecule has 0 spiro atoms. The van der Waals surface area contributed by atoms with Gasteiger partial charge in [-0.25, -0.2) is 4.79 Å². The topological polar surface area (TPSA) is 108 Å². The van der Waals surface area contributed by atoms with Gasteiger partial charge in [0.1, 0.15) is 0 Å². The molecule has 0 saturated carbocycles. The molecular formula is C35H44Br2N6O3. The molecule has 1 amide bonds. The molecule has 0 bridgehead atoms. The summed E-state index contributed by atoms with van der Waals surface area (Å²) in [4.78, 5) is 50.5. The van der Waals surface area contributed by atoms with Crippen LogP contribution in [0.4, 0.5) is 5.69 Å². The molecule has 3 saturated heterocycles. The summed E-state index contributed by atoms with van der Waals surface area (Å²) in [5, 5.41) is 0. The SMILES string of the molecule is Nc1c(Br)cc(C(=O)C(CC(=O)N2CCC(n3cc(-c4ccccc4)[nH]c3=O)CC2)CN2CCC(N3CCCCC3)CC2)cc1Br. The van der Waals surface area contributed by atoms with Gasteiger partial charge in [0.05, 0.1) is 11.4 Å². The van der Waals surface area contributed by atoms with Gasteiger partial charge in [-0.3, -0.25) is 14.2 Å². The van der Waals surface area contributed by atoms with Crippen molar-refractivity contribution in [3.8, 4) is 11.3 Å². The predicted molar refractivity (Wildman–Crippen MR) is 189 cm³/mol. The number of carbonyl (C=O) groups is 2. The summed E-state index contributed by atoms with van der Waals surface area (Å²) >= 11 is 6.98. The minimum atomic E-state index is -0.458. The number of nitrogens with two attached hydrogens (primary N) is 1. The number of nitrogen functional groups attached to an aromatic ring is 1. The van der Waals surface area contributed by atoms with Gasteiger partial charge >= 0.3 is 5.69 Å². The van der Waals surface area contributed by atoms with Crippen LogP contribution in [-0.4, -0.2) is 87.8 Å². The van der Waals surface area contributed by atoms with Crippen LogP contribution >= 0.6 is 31.9 Å². The van der Waals surface area contributed by atoms with E-state index in [1.54, 1.807) is 16.7 Å². The number of aromatic nitrogens is 2. The molecule has 1 aromatic heterocycles. The molecule has 3 aliphatic rings. The minimum Gasteiger partial charge on any atom is -0.397 e. The number of piperidine rings is 3. The summed E-state index contributed by atoms with van der Waals surface area (Å²) in [6.45, 7) is 5.96. The van der Waals surface area contributed by atoms with Crippen molar-refractivity contribution in [2.24, 2.45) is 5.92 Å². The molecule has 1 atom stereocenters. The first-order chi connectivity index (χ1) is 22.3. The Morgan fingerprint density at radius 1 is 0.870 bits per heavy atom. The summed E-state index contributed by atoms with van der Waals surface area (Å²) in [7, 11) is 0. The van der Waals surface area contributed by atoms with Crippen LogP contribution in [0.5, 0.6) is 0 Å². The van der Waals surface area contributed by atoms with Crippen LogP contribution in [0.2, 0.25) is 0 Å². The first-order valence-electron chi connectivity index (χ1n) is 16.7. The Balaban J connectivity index is 1.11. The number of H-pyrrole nitrogens is 1. The zero-order valence-electron chi connectivity index (χ0n) is 26.3. The molecule has 4 heterocycles. The van der Waals surface area contributed by atoms with E-state index in [2.05, 4.69) is 46.6 Å². The molecule has 46 heavy (non-hydrogen) atoms. The van der Waals surface area contributed by atoms with E-state index in [0.29, 0.717) is 58.7 Å². The fraction of sp³-hybridized carbons (Fsp3) is 0.514. The second kappa shape index (κ2) is 15.0. The van der Waals surface area contributed by atoms with Crippen molar-refractivity contribution in [3.05, 3.63) is 73.7 Å². The van der Waals surface area contributed by atoms with Crippen molar-refractivity contribution in [2.45, 2.75) is 63.5 Å². The number of rotatable bonds is 9. The van der Waals surface area contributed by atoms with Gasteiger partial charge in [0, 0.05) is 64.8 Å². The first kappa shape index (κ1) is 33.2. The molecule has 6 rings (SSSR count). The highest BCUT2D eigenvalue weighted by Gasteiger charge is 2.33. The number of ketones is 1. The third kappa shape index (κ3) is 7.69. The maximum atomic E-state index is 14.0. The number of imidazole rings is 1. The lowest BCUT2D eigenvalue weighted by Crippen LogP contribution is -2.48. The molecule has 0 radical (unpaired) electrons. The number of likely N-dealkylation sites (tertiary alicyclic amines) is 3. The smallest absolute Gasteiger partial charge is 0.326 e. The third-order valence-corrected chi connectivity index (χ3v) is 11.4. The Kier molecular flexibility index (Phi) is 10.8. The Morgan fingerprint density at radius 2 is 1.50 bits per heavy atom. The van der Waals surface area contributed by atoms with Gasteiger partial charge in [-0.05, 0) is 114 Å².